The van der Waals surface area contributed by atoms with Crippen LogP contribution in [0.15, 0.2) is 24.3 Å². The normalized spacial score (nSPS) is 11.6. The number of hydrogen-bond acceptors (Lipinski definition) is 3. The summed E-state index contributed by atoms with van der Waals surface area (Å²) in [5, 5.41) is 2.69. The van der Waals surface area contributed by atoms with Crippen molar-refractivity contribution in [2.45, 2.75) is 32.7 Å². The average Bonchev–Trinajstić information content (AvgIpc) is 2.34. The quantitative estimate of drug-likeness (QED) is 0.787. The predicted molar refractivity (Wildman–Crippen MR) is 79.9 cm³/mol. The zero-order chi connectivity index (χ0) is 13.5. The molecule has 1 amide bonds. The minimum atomic E-state index is -0.477. The maximum Gasteiger partial charge on any atom is 0.236 e. The molecule has 108 valence electrons. The lowest BCUT2D eigenvalue weighted by molar-refractivity contribution is -0.122. The fraction of sp³-hybridized carbons (Fsp3) is 0.500. The van der Waals surface area contributed by atoms with Gasteiger partial charge in [0, 0.05) is 0 Å². The van der Waals surface area contributed by atoms with Crippen LogP contribution in [0.2, 0.25) is 0 Å². The van der Waals surface area contributed by atoms with Gasteiger partial charge in [0.15, 0.2) is 0 Å². The average molecular weight is 287 g/mol. The molecule has 0 aliphatic carbocycles. The summed E-state index contributed by atoms with van der Waals surface area (Å²) in [5.74, 6) is 1.17. The van der Waals surface area contributed by atoms with Crippen molar-refractivity contribution >= 4 is 18.3 Å². The molecule has 0 heterocycles. The minimum Gasteiger partial charge on any atom is -0.492 e. The first-order chi connectivity index (χ1) is 8.50. The number of hydrogen-bond donors (Lipinski definition) is 2. The van der Waals surface area contributed by atoms with E-state index in [4.69, 9.17) is 10.5 Å². The molecule has 4 nitrogen and oxygen atoms in total. The van der Waals surface area contributed by atoms with E-state index in [-0.39, 0.29) is 18.3 Å². The van der Waals surface area contributed by atoms with Crippen molar-refractivity contribution in [3.63, 3.8) is 0 Å². The molecule has 0 saturated carbocycles. The highest BCUT2D eigenvalue weighted by atomic mass is 35.5. The predicted octanol–water partition coefficient (Wildman–Crippen LogP) is 2.07. The fourth-order valence-electron chi connectivity index (χ4n) is 1.45. The Balaban J connectivity index is 0.00000324. The van der Waals surface area contributed by atoms with Gasteiger partial charge in [0.2, 0.25) is 5.91 Å². The Kier molecular flexibility index (Phi) is 8.19. The highest BCUT2D eigenvalue weighted by Gasteiger charge is 2.05. The van der Waals surface area contributed by atoms with E-state index in [1.807, 2.05) is 12.1 Å². The van der Waals surface area contributed by atoms with Gasteiger partial charge < -0.3 is 15.8 Å². The number of nitrogens with two attached hydrogens (primary N) is 1. The summed E-state index contributed by atoms with van der Waals surface area (Å²) in [6, 6.07) is 7.53. The van der Waals surface area contributed by atoms with E-state index < -0.39 is 6.04 Å². The maximum absolute atomic E-state index is 11.2. The van der Waals surface area contributed by atoms with Crippen molar-refractivity contribution < 1.29 is 9.53 Å². The maximum atomic E-state index is 11.2. The Morgan fingerprint density at radius 2 is 1.84 bits per heavy atom. The van der Waals surface area contributed by atoms with E-state index in [1.165, 1.54) is 5.56 Å². The van der Waals surface area contributed by atoms with Gasteiger partial charge in [-0.05, 0) is 30.5 Å². The molecule has 0 aromatic heterocycles. The summed E-state index contributed by atoms with van der Waals surface area (Å²) >= 11 is 0. The van der Waals surface area contributed by atoms with E-state index in [1.54, 1.807) is 6.92 Å². The molecule has 0 radical (unpaired) electrons. The van der Waals surface area contributed by atoms with Crippen molar-refractivity contribution in [1.29, 1.82) is 0 Å². The second kappa shape index (κ2) is 8.77. The van der Waals surface area contributed by atoms with Crippen molar-refractivity contribution in [2.75, 3.05) is 13.2 Å². The van der Waals surface area contributed by atoms with Gasteiger partial charge in [-0.15, -0.1) is 12.4 Å². The second-order valence-electron chi connectivity index (χ2n) is 4.65. The monoisotopic (exact) mass is 286 g/mol. The largest absolute Gasteiger partial charge is 0.492 e. The second-order valence-corrected chi connectivity index (χ2v) is 4.65. The fourth-order valence-corrected chi connectivity index (χ4v) is 1.45. The van der Waals surface area contributed by atoms with Crippen LogP contribution >= 0.6 is 12.4 Å². The van der Waals surface area contributed by atoms with Crippen LogP contribution in [0.3, 0.4) is 0 Å². The highest BCUT2D eigenvalue weighted by molar-refractivity contribution is 5.85. The molecule has 19 heavy (non-hydrogen) atoms. The van der Waals surface area contributed by atoms with Crippen LogP contribution in [0.1, 0.15) is 32.3 Å². The molecule has 0 saturated heterocycles. The molecule has 1 aromatic carbocycles. The smallest absolute Gasteiger partial charge is 0.236 e. The van der Waals surface area contributed by atoms with Gasteiger partial charge >= 0.3 is 0 Å². The van der Waals surface area contributed by atoms with Crippen molar-refractivity contribution in [3.8, 4) is 5.75 Å². The van der Waals surface area contributed by atoms with Crippen molar-refractivity contribution in [2.24, 2.45) is 5.73 Å². The van der Waals surface area contributed by atoms with Gasteiger partial charge in [0.1, 0.15) is 12.4 Å². The number of nitrogens with one attached hydrogen (secondary N) is 1. The lowest BCUT2D eigenvalue weighted by Gasteiger charge is -2.10. The summed E-state index contributed by atoms with van der Waals surface area (Å²) in [5.41, 5.74) is 6.71. The molecule has 5 heteroatoms. The summed E-state index contributed by atoms with van der Waals surface area (Å²) in [6.07, 6.45) is 0. The zero-order valence-electron chi connectivity index (χ0n) is 11.7. The molecule has 0 aliphatic heterocycles. The molecule has 3 N–H and O–H groups in total. The first-order valence-corrected chi connectivity index (χ1v) is 6.26. The number of carbonyl (C=O) groups excluding carboxylic acids is 1. The standard InChI is InChI=1S/C14H22N2O2.ClH/c1-10(2)12-4-6-13(7-5-12)18-9-8-16-14(17)11(3)15;/h4-7,10-11H,8-9,15H2,1-3H3,(H,16,17);1H/t11-;/m1./s1. The van der Waals surface area contributed by atoms with Crippen LogP contribution < -0.4 is 15.8 Å². The van der Waals surface area contributed by atoms with E-state index in [9.17, 15) is 4.79 Å². The van der Waals surface area contributed by atoms with Crippen molar-refractivity contribution in [3.05, 3.63) is 29.8 Å². The zero-order valence-corrected chi connectivity index (χ0v) is 12.5. The highest BCUT2D eigenvalue weighted by Crippen LogP contribution is 2.18. The Morgan fingerprint density at radius 1 is 1.26 bits per heavy atom. The number of ether oxygens (including phenoxy) is 1. The van der Waals surface area contributed by atoms with Crippen LogP contribution in [-0.2, 0) is 4.79 Å². The van der Waals surface area contributed by atoms with E-state index in [2.05, 4.69) is 31.3 Å². The summed E-state index contributed by atoms with van der Waals surface area (Å²) in [7, 11) is 0. The first-order valence-electron chi connectivity index (χ1n) is 6.26. The number of rotatable bonds is 6. The lowest BCUT2D eigenvalue weighted by atomic mass is 10.0. The molecule has 1 aromatic rings. The molecule has 0 bridgehead atoms. The summed E-state index contributed by atoms with van der Waals surface area (Å²) in [6.45, 7) is 6.87. The number of halogens is 1. The van der Waals surface area contributed by atoms with E-state index in [0.29, 0.717) is 19.1 Å². The minimum absolute atomic E-state index is 0. The van der Waals surface area contributed by atoms with Crippen LogP contribution in [0.5, 0.6) is 5.75 Å². The van der Waals surface area contributed by atoms with Gasteiger partial charge in [0.05, 0.1) is 12.6 Å². The Labute approximate surface area is 121 Å². The molecule has 0 aliphatic rings. The third-order valence-electron chi connectivity index (χ3n) is 2.63. The van der Waals surface area contributed by atoms with Crippen LogP contribution in [0.25, 0.3) is 0 Å². The molecule has 0 fully saturated rings. The summed E-state index contributed by atoms with van der Waals surface area (Å²) in [4.78, 5) is 11.2. The molecular formula is C14H23ClN2O2. The van der Waals surface area contributed by atoms with Crippen LogP contribution in [-0.4, -0.2) is 25.1 Å². The van der Waals surface area contributed by atoms with Gasteiger partial charge in [0.25, 0.3) is 0 Å². The molecule has 1 atom stereocenters. The number of benzene rings is 1. The SMILES string of the molecule is CC(C)c1ccc(OCCNC(=O)[C@@H](C)N)cc1.Cl. The Hall–Kier alpha value is -1.26. The van der Waals surface area contributed by atoms with Gasteiger partial charge in [-0.3, -0.25) is 4.79 Å². The van der Waals surface area contributed by atoms with E-state index >= 15 is 0 Å². The topological polar surface area (TPSA) is 64.3 Å². The van der Waals surface area contributed by atoms with Crippen LogP contribution in [0, 0.1) is 0 Å². The Bertz CT molecular complexity index is 378. The van der Waals surface area contributed by atoms with E-state index in [0.717, 1.165) is 5.75 Å². The lowest BCUT2D eigenvalue weighted by Crippen LogP contribution is -2.40. The van der Waals surface area contributed by atoms with Gasteiger partial charge in [-0.1, -0.05) is 26.0 Å². The first kappa shape index (κ1) is 17.7. The molecule has 1 rings (SSSR count). The number of carbonyl (C=O) groups is 1. The molecule has 0 spiro atoms. The third kappa shape index (κ3) is 6.45. The molecular weight excluding hydrogens is 264 g/mol. The third-order valence-corrected chi connectivity index (χ3v) is 2.63. The molecule has 0 unspecified atom stereocenters. The summed E-state index contributed by atoms with van der Waals surface area (Å²) < 4.78 is 5.52. The van der Waals surface area contributed by atoms with Gasteiger partial charge in [-0.25, -0.2) is 0 Å². The van der Waals surface area contributed by atoms with Crippen molar-refractivity contribution in [1.82, 2.24) is 5.32 Å². The van der Waals surface area contributed by atoms with Crippen LogP contribution in [0.4, 0.5) is 0 Å². The Morgan fingerprint density at radius 3 is 2.32 bits per heavy atom. The van der Waals surface area contributed by atoms with Gasteiger partial charge in [-0.2, -0.15) is 0 Å². The number of amides is 1.